The van der Waals surface area contributed by atoms with Crippen LogP contribution in [0, 0.1) is 47.9 Å². The predicted octanol–water partition coefficient (Wildman–Crippen LogP) is 6.18. The fraction of sp³-hybridized carbons (Fsp3) is 0.154. The Balaban J connectivity index is 1.91. The molecule has 2 aromatic carbocycles. The minimum absolute atomic E-state index is 0.0888. The van der Waals surface area contributed by atoms with Gasteiger partial charge in [-0.1, -0.05) is 36.0 Å². The lowest BCUT2D eigenvalue weighted by Gasteiger charge is -2.13. The molecule has 0 saturated heterocycles. The average molecular weight is 517 g/mol. The number of hydrogen-bond acceptors (Lipinski definition) is 9. The summed E-state index contributed by atoms with van der Waals surface area (Å²) in [5, 5.41) is 24.5. The van der Waals surface area contributed by atoms with Crippen molar-refractivity contribution in [3.63, 3.8) is 0 Å². The second kappa shape index (κ2) is 9.86. The molecule has 0 spiro atoms. The highest BCUT2D eigenvalue weighted by molar-refractivity contribution is 7.99. The zero-order valence-corrected chi connectivity index (χ0v) is 21.4. The molecule has 0 aliphatic heterocycles. The van der Waals surface area contributed by atoms with Gasteiger partial charge >= 0.3 is 11.4 Å². The van der Waals surface area contributed by atoms with Crippen molar-refractivity contribution in [2.75, 3.05) is 11.5 Å². The Bertz CT molecular complexity index is 1470. The van der Waals surface area contributed by atoms with Crippen LogP contribution in [0.1, 0.15) is 22.3 Å². The molecule has 0 aliphatic carbocycles. The van der Waals surface area contributed by atoms with Crippen LogP contribution >= 0.6 is 11.8 Å². The lowest BCUT2D eigenvalue weighted by Crippen LogP contribution is -2.03. The van der Waals surface area contributed by atoms with Gasteiger partial charge in [0.05, 0.1) is 19.6 Å². The maximum atomic E-state index is 12.2. The van der Waals surface area contributed by atoms with Crippen LogP contribution in [-0.2, 0) is 0 Å². The van der Waals surface area contributed by atoms with E-state index in [1.54, 1.807) is 12.1 Å². The van der Waals surface area contributed by atoms with Crippen molar-refractivity contribution in [1.29, 1.82) is 0 Å². The normalized spacial score (nSPS) is 10.9. The van der Waals surface area contributed by atoms with Gasteiger partial charge in [-0.05, 0) is 62.1 Å². The van der Waals surface area contributed by atoms with Crippen molar-refractivity contribution in [1.82, 2.24) is 9.97 Å². The summed E-state index contributed by atoms with van der Waals surface area (Å²) >= 11 is 0.897. The molecule has 37 heavy (non-hydrogen) atoms. The van der Waals surface area contributed by atoms with E-state index in [1.807, 2.05) is 39.8 Å². The Morgan fingerprint density at radius 1 is 0.676 bits per heavy atom. The topological polar surface area (TPSA) is 164 Å². The first-order chi connectivity index (χ1) is 17.5. The fourth-order valence-electron chi connectivity index (χ4n) is 3.99. The van der Waals surface area contributed by atoms with Crippen LogP contribution in [0.4, 0.5) is 22.7 Å². The molecule has 0 atom stereocenters. The quantitative estimate of drug-likeness (QED) is 0.173. The number of rotatable bonds is 6. The zero-order chi connectivity index (χ0) is 27.0. The van der Waals surface area contributed by atoms with Gasteiger partial charge < -0.3 is 11.5 Å². The number of nitrogens with two attached hydrogens (primary N) is 2. The number of aryl methyl sites for hydroxylation is 2. The number of pyridine rings is 2. The fourth-order valence-corrected chi connectivity index (χ4v) is 5.02. The molecule has 0 bridgehead atoms. The first kappa shape index (κ1) is 25.6. The Labute approximate surface area is 217 Å². The van der Waals surface area contributed by atoms with Gasteiger partial charge in [-0.3, -0.25) is 20.2 Å². The SMILES string of the molecule is Cc1ccc(-c2nccc(Sc3ccnc(-c4ccc(C)c(C)c4N)c3[N+](=O)[O-])c2[N+](=O)[O-])c(N)c1C. The molecule has 2 aromatic heterocycles. The molecule has 4 aromatic rings. The predicted molar refractivity (Wildman–Crippen MR) is 145 cm³/mol. The molecule has 0 amide bonds. The summed E-state index contributed by atoms with van der Waals surface area (Å²) in [4.78, 5) is 32.3. The van der Waals surface area contributed by atoms with E-state index in [4.69, 9.17) is 11.5 Å². The van der Waals surface area contributed by atoms with Gasteiger partial charge in [0.1, 0.15) is 0 Å². The lowest BCUT2D eigenvalue weighted by atomic mass is 10.00. The summed E-state index contributed by atoms with van der Waals surface area (Å²) in [6.45, 7) is 7.45. The first-order valence-electron chi connectivity index (χ1n) is 11.2. The van der Waals surface area contributed by atoms with Gasteiger partial charge in [0.15, 0.2) is 11.4 Å². The molecule has 188 valence electrons. The van der Waals surface area contributed by atoms with Crippen molar-refractivity contribution >= 4 is 34.5 Å². The number of nitro groups is 2. The molecule has 4 rings (SSSR count). The van der Waals surface area contributed by atoms with E-state index >= 15 is 0 Å². The van der Waals surface area contributed by atoms with Crippen LogP contribution < -0.4 is 11.5 Å². The van der Waals surface area contributed by atoms with Crippen molar-refractivity contribution in [3.05, 3.63) is 91.3 Å². The van der Waals surface area contributed by atoms with E-state index in [2.05, 4.69) is 9.97 Å². The number of benzene rings is 2. The Morgan fingerprint density at radius 3 is 1.41 bits per heavy atom. The molecule has 2 heterocycles. The average Bonchev–Trinajstić information content (AvgIpc) is 2.85. The molecule has 0 unspecified atom stereocenters. The van der Waals surface area contributed by atoms with Crippen molar-refractivity contribution in [2.24, 2.45) is 0 Å². The number of aromatic nitrogens is 2. The van der Waals surface area contributed by atoms with Crippen LogP contribution in [0.25, 0.3) is 22.5 Å². The number of nitrogens with zero attached hydrogens (tertiary/aromatic N) is 4. The maximum absolute atomic E-state index is 12.2. The Morgan fingerprint density at radius 2 is 1.05 bits per heavy atom. The third-order valence-corrected chi connectivity index (χ3v) is 7.54. The highest BCUT2D eigenvalue weighted by Gasteiger charge is 2.29. The van der Waals surface area contributed by atoms with Gasteiger partial charge in [0.25, 0.3) is 0 Å². The highest BCUT2D eigenvalue weighted by atomic mass is 32.2. The van der Waals surface area contributed by atoms with E-state index in [1.165, 1.54) is 24.5 Å². The lowest BCUT2D eigenvalue weighted by molar-refractivity contribution is -0.387. The summed E-state index contributed by atoms with van der Waals surface area (Å²) in [6, 6.07) is 9.93. The van der Waals surface area contributed by atoms with Crippen LogP contribution in [0.5, 0.6) is 0 Å². The van der Waals surface area contributed by atoms with Gasteiger partial charge in [-0.2, -0.15) is 0 Å². The minimum Gasteiger partial charge on any atom is -0.398 e. The van der Waals surface area contributed by atoms with Crippen LogP contribution in [-0.4, -0.2) is 19.8 Å². The largest absolute Gasteiger partial charge is 0.398 e. The van der Waals surface area contributed by atoms with E-state index in [-0.39, 0.29) is 32.6 Å². The van der Waals surface area contributed by atoms with Crippen molar-refractivity contribution < 1.29 is 9.85 Å². The van der Waals surface area contributed by atoms with Crippen LogP contribution in [0.3, 0.4) is 0 Å². The molecule has 11 heteroatoms. The first-order valence-corrected chi connectivity index (χ1v) is 12.0. The second-order valence-corrected chi connectivity index (χ2v) is 9.65. The van der Waals surface area contributed by atoms with E-state index in [0.29, 0.717) is 22.5 Å². The molecular weight excluding hydrogens is 492 g/mol. The third kappa shape index (κ3) is 4.56. The van der Waals surface area contributed by atoms with Crippen LogP contribution in [0.2, 0.25) is 0 Å². The minimum atomic E-state index is -0.547. The zero-order valence-electron chi connectivity index (χ0n) is 20.6. The van der Waals surface area contributed by atoms with E-state index in [0.717, 1.165) is 34.0 Å². The van der Waals surface area contributed by atoms with Gasteiger partial charge in [0.2, 0.25) is 0 Å². The van der Waals surface area contributed by atoms with Crippen molar-refractivity contribution in [2.45, 2.75) is 37.5 Å². The summed E-state index contributed by atoms with van der Waals surface area (Å²) in [5.74, 6) is 0. The summed E-state index contributed by atoms with van der Waals surface area (Å²) < 4.78 is 0. The summed E-state index contributed by atoms with van der Waals surface area (Å²) in [6.07, 6.45) is 2.85. The second-order valence-electron chi connectivity index (χ2n) is 8.57. The molecule has 0 radical (unpaired) electrons. The molecule has 0 saturated carbocycles. The standard InChI is InChI=1S/C26H24N6O4S/c1-13-5-7-17(21(27)15(13)3)23-25(31(33)34)19(9-11-29-23)37-20-10-12-30-24(26(20)32(35)36)18-8-6-14(2)16(4)22(18)28/h5-12H,27-28H2,1-4H3. The number of anilines is 2. The van der Waals surface area contributed by atoms with Gasteiger partial charge in [-0.15, -0.1) is 0 Å². The maximum Gasteiger partial charge on any atom is 0.309 e. The monoisotopic (exact) mass is 516 g/mol. The smallest absolute Gasteiger partial charge is 0.309 e. The summed E-state index contributed by atoms with van der Waals surface area (Å²) in [5.41, 5.74) is 17.3. The van der Waals surface area contributed by atoms with E-state index < -0.39 is 9.85 Å². The third-order valence-electron chi connectivity index (χ3n) is 6.44. The molecule has 10 nitrogen and oxygen atoms in total. The number of hydrogen-bond donors (Lipinski definition) is 2. The Kier molecular flexibility index (Phi) is 6.82. The highest BCUT2D eigenvalue weighted by Crippen LogP contribution is 2.46. The van der Waals surface area contributed by atoms with E-state index in [9.17, 15) is 20.2 Å². The molecule has 0 aliphatic rings. The van der Waals surface area contributed by atoms with Gasteiger partial charge in [0, 0.05) is 34.9 Å². The summed E-state index contributed by atoms with van der Waals surface area (Å²) in [7, 11) is 0. The van der Waals surface area contributed by atoms with Crippen LogP contribution in [0.15, 0.2) is 58.6 Å². The molecular formula is C26H24N6O4S. The molecule has 4 N–H and O–H groups in total. The number of nitrogen functional groups attached to an aromatic ring is 2. The molecule has 0 fully saturated rings. The van der Waals surface area contributed by atoms with Gasteiger partial charge in [-0.25, -0.2) is 9.97 Å². The van der Waals surface area contributed by atoms with Crippen molar-refractivity contribution in [3.8, 4) is 22.5 Å². The Hall–Kier alpha value is -4.51.